The molecule has 0 aliphatic heterocycles. The Hall–Kier alpha value is -1.29. The lowest BCUT2D eigenvalue weighted by atomic mass is 10.4. The Bertz CT molecular complexity index is 236. The van der Waals surface area contributed by atoms with Gasteiger partial charge >= 0.3 is 0 Å². The normalized spacial score (nSPS) is 9.92. The maximum Gasteiger partial charge on any atom is 0.213 e. The molecule has 1 aromatic rings. The molecule has 4 heteroatoms. The van der Waals surface area contributed by atoms with Crippen molar-refractivity contribution in [3.05, 3.63) is 18.3 Å². The van der Waals surface area contributed by atoms with Gasteiger partial charge in [0.2, 0.25) is 5.88 Å². The third kappa shape index (κ3) is 3.75. The molecule has 0 aliphatic rings. The lowest BCUT2D eigenvalue weighted by Crippen LogP contribution is -2.02. The second-order valence-corrected chi connectivity index (χ2v) is 2.62. The second-order valence-electron chi connectivity index (χ2n) is 2.62. The van der Waals surface area contributed by atoms with E-state index in [1.165, 1.54) is 0 Å². The maximum absolute atomic E-state index is 5.46. The van der Waals surface area contributed by atoms with Crippen molar-refractivity contribution in [2.75, 3.05) is 26.1 Å². The van der Waals surface area contributed by atoms with Crippen molar-refractivity contribution in [3.63, 3.8) is 0 Å². The van der Waals surface area contributed by atoms with Gasteiger partial charge in [0.25, 0.3) is 0 Å². The van der Waals surface area contributed by atoms with E-state index in [0.717, 1.165) is 6.42 Å². The van der Waals surface area contributed by atoms with Crippen molar-refractivity contribution in [1.82, 2.24) is 4.98 Å². The fourth-order valence-electron chi connectivity index (χ4n) is 0.857. The van der Waals surface area contributed by atoms with E-state index in [-0.39, 0.29) is 0 Å². The Morgan fingerprint density at radius 1 is 1.38 bits per heavy atom. The molecule has 0 amide bonds. The third-order valence-electron chi connectivity index (χ3n) is 1.50. The molecule has 0 bridgehead atoms. The quantitative estimate of drug-likeness (QED) is 0.692. The van der Waals surface area contributed by atoms with Crippen LogP contribution < -0.4 is 10.5 Å². The molecule has 1 aromatic heterocycles. The largest absolute Gasteiger partial charge is 0.478 e. The Morgan fingerprint density at radius 2 is 2.23 bits per heavy atom. The summed E-state index contributed by atoms with van der Waals surface area (Å²) in [6.45, 7) is 1.32. The molecule has 0 saturated heterocycles. The van der Waals surface area contributed by atoms with Gasteiger partial charge in [-0.3, -0.25) is 0 Å². The van der Waals surface area contributed by atoms with E-state index in [0.29, 0.717) is 24.8 Å². The highest BCUT2D eigenvalue weighted by atomic mass is 16.5. The summed E-state index contributed by atoms with van der Waals surface area (Å²) in [6.07, 6.45) is 2.44. The first-order valence-electron chi connectivity index (χ1n) is 4.16. The Balaban J connectivity index is 2.25. The summed E-state index contributed by atoms with van der Waals surface area (Å²) in [6, 6.07) is 3.51. The summed E-state index contributed by atoms with van der Waals surface area (Å²) in [5, 5.41) is 0. The summed E-state index contributed by atoms with van der Waals surface area (Å²) in [5.41, 5.74) is 6.11. The Labute approximate surface area is 77.7 Å². The number of hydrogen-bond donors (Lipinski definition) is 1. The first-order valence-corrected chi connectivity index (χ1v) is 4.16. The van der Waals surface area contributed by atoms with Gasteiger partial charge in [0.05, 0.1) is 18.5 Å². The van der Waals surface area contributed by atoms with E-state index in [2.05, 4.69) is 4.98 Å². The fraction of sp³-hybridized carbons (Fsp3) is 0.444. The molecule has 4 nitrogen and oxygen atoms in total. The highest BCUT2D eigenvalue weighted by Crippen LogP contribution is 2.08. The molecule has 0 radical (unpaired) electrons. The van der Waals surface area contributed by atoms with Gasteiger partial charge in [-0.15, -0.1) is 0 Å². The van der Waals surface area contributed by atoms with Crippen LogP contribution in [0.3, 0.4) is 0 Å². The Kier molecular flexibility index (Phi) is 4.05. The smallest absolute Gasteiger partial charge is 0.213 e. The summed E-state index contributed by atoms with van der Waals surface area (Å²) >= 11 is 0. The number of methoxy groups -OCH3 is 1. The number of nitrogen functional groups attached to an aromatic ring is 1. The van der Waals surface area contributed by atoms with Crippen LogP contribution in [0.2, 0.25) is 0 Å². The van der Waals surface area contributed by atoms with E-state index >= 15 is 0 Å². The average molecular weight is 182 g/mol. The van der Waals surface area contributed by atoms with Crippen molar-refractivity contribution in [2.45, 2.75) is 6.42 Å². The van der Waals surface area contributed by atoms with Crippen LogP contribution in [0, 0.1) is 0 Å². The van der Waals surface area contributed by atoms with Gasteiger partial charge in [-0.2, -0.15) is 0 Å². The van der Waals surface area contributed by atoms with Crippen molar-refractivity contribution >= 4 is 5.69 Å². The molecule has 0 fully saturated rings. The predicted octanol–water partition coefficient (Wildman–Crippen LogP) is 1.08. The number of rotatable bonds is 5. The monoisotopic (exact) mass is 182 g/mol. The van der Waals surface area contributed by atoms with Gasteiger partial charge in [0.1, 0.15) is 0 Å². The van der Waals surface area contributed by atoms with Crippen molar-refractivity contribution in [2.24, 2.45) is 0 Å². The predicted molar refractivity (Wildman–Crippen MR) is 50.6 cm³/mol. The molecular weight excluding hydrogens is 168 g/mol. The number of aromatic nitrogens is 1. The van der Waals surface area contributed by atoms with E-state index in [1.54, 1.807) is 25.4 Å². The first-order chi connectivity index (χ1) is 6.33. The van der Waals surface area contributed by atoms with Crippen LogP contribution in [-0.4, -0.2) is 25.3 Å². The summed E-state index contributed by atoms with van der Waals surface area (Å²) in [4.78, 5) is 3.99. The van der Waals surface area contributed by atoms with E-state index < -0.39 is 0 Å². The van der Waals surface area contributed by atoms with Gasteiger partial charge in [0, 0.05) is 26.2 Å². The zero-order chi connectivity index (χ0) is 9.52. The molecule has 0 aliphatic carbocycles. The van der Waals surface area contributed by atoms with Crippen molar-refractivity contribution in [1.29, 1.82) is 0 Å². The zero-order valence-electron chi connectivity index (χ0n) is 7.69. The van der Waals surface area contributed by atoms with Crippen LogP contribution in [-0.2, 0) is 4.74 Å². The third-order valence-corrected chi connectivity index (χ3v) is 1.50. The lowest BCUT2D eigenvalue weighted by Gasteiger charge is -2.04. The molecule has 0 atom stereocenters. The van der Waals surface area contributed by atoms with E-state index in [1.807, 2.05) is 0 Å². The molecule has 0 unspecified atom stereocenters. The van der Waals surface area contributed by atoms with Gasteiger partial charge in [-0.05, 0) is 6.07 Å². The van der Waals surface area contributed by atoms with E-state index in [9.17, 15) is 0 Å². The number of hydrogen-bond acceptors (Lipinski definition) is 4. The number of anilines is 1. The van der Waals surface area contributed by atoms with Gasteiger partial charge in [-0.1, -0.05) is 0 Å². The van der Waals surface area contributed by atoms with Crippen LogP contribution in [0.1, 0.15) is 6.42 Å². The molecule has 2 N–H and O–H groups in total. The lowest BCUT2D eigenvalue weighted by molar-refractivity contribution is 0.170. The molecule has 0 aromatic carbocycles. The number of ether oxygens (including phenoxy) is 2. The average Bonchev–Trinajstić information content (AvgIpc) is 2.15. The van der Waals surface area contributed by atoms with Gasteiger partial charge < -0.3 is 15.2 Å². The fourth-order valence-corrected chi connectivity index (χ4v) is 0.857. The molecule has 13 heavy (non-hydrogen) atoms. The molecule has 72 valence electrons. The molecule has 0 spiro atoms. The summed E-state index contributed by atoms with van der Waals surface area (Å²) in [5.74, 6) is 0.602. The number of nitrogens with two attached hydrogens (primary N) is 1. The molecule has 1 heterocycles. The molecule has 1 rings (SSSR count). The SMILES string of the molecule is COCCCOc1ccc(N)cn1. The van der Waals surface area contributed by atoms with Crippen molar-refractivity contribution < 1.29 is 9.47 Å². The summed E-state index contributed by atoms with van der Waals surface area (Å²) < 4.78 is 10.2. The van der Waals surface area contributed by atoms with Crippen LogP contribution in [0.4, 0.5) is 5.69 Å². The minimum absolute atomic E-state index is 0.602. The van der Waals surface area contributed by atoms with Crippen LogP contribution in [0.5, 0.6) is 5.88 Å². The number of pyridine rings is 1. The first kappa shape index (κ1) is 9.80. The van der Waals surface area contributed by atoms with Crippen LogP contribution in [0.15, 0.2) is 18.3 Å². The Morgan fingerprint density at radius 3 is 2.85 bits per heavy atom. The van der Waals surface area contributed by atoms with Crippen LogP contribution >= 0.6 is 0 Å². The molecule has 0 saturated carbocycles. The molecular formula is C9H14N2O2. The topological polar surface area (TPSA) is 57.4 Å². The second kappa shape index (κ2) is 5.37. The zero-order valence-corrected chi connectivity index (χ0v) is 7.69. The summed E-state index contributed by atoms with van der Waals surface area (Å²) in [7, 11) is 1.67. The highest BCUT2D eigenvalue weighted by Gasteiger charge is 1.93. The van der Waals surface area contributed by atoms with Crippen LogP contribution in [0.25, 0.3) is 0 Å². The standard InChI is InChI=1S/C9H14N2O2/c1-12-5-2-6-13-9-4-3-8(10)7-11-9/h3-4,7H,2,5-6,10H2,1H3. The van der Waals surface area contributed by atoms with Gasteiger partial charge in [-0.25, -0.2) is 4.98 Å². The maximum atomic E-state index is 5.46. The minimum atomic E-state index is 0.602. The van der Waals surface area contributed by atoms with Crippen molar-refractivity contribution in [3.8, 4) is 5.88 Å². The highest BCUT2D eigenvalue weighted by molar-refractivity contribution is 5.35. The van der Waals surface area contributed by atoms with E-state index in [4.69, 9.17) is 15.2 Å². The number of nitrogens with zero attached hydrogens (tertiary/aromatic N) is 1. The minimum Gasteiger partial charge on any atom is -0.478 e. The van der Waals surface area contributed by atoms with Gasteiger partial charge in [0.15, 0.2) is 0 Å².